The van der Waals surface area contributed by atoms with Crippen molar-refractivity contribution in [2.75, 3.05) is 31.1 Å². The average Bonchev–Trinajstić information content (AvgIpc) is 3.56. The number of ether oxygens (including phenoxy) is 1. The van der Waals surface area contributed by atoms with E-state index in [4.69, 9.17) is 13.7 Å². The van der Waals surface area contributed by atoms with Crippen molar-refractivity contribution in [3.8, 4) is 11.3 Å². The van der Waals surface area contributed by atoms with Gasteiger partial charge in [-0.1, -0.05) is 65.8 Å². The van der Waals surface area contributed by atoms with E-state index < -0.39 is 6.10 Å². The number of aromatic nitrogens is 1. The number of hydrogen-bond acceptors (Lipinski definition) is 7. The molecule has 0 radical (unpaired) electrons. The molecule has 0 spiro atoms. The van der Waals surface area contributed by atoms with Crippen molar-refractivity contribution >= 4 is 5.88 Å². The van der Waals surface area contributed by atoms with E-state index in [9.17, 15) is 5.11 Å². The van der Waals surface area contributed by atoms with Gasteiger partial charge in [-0.05, 0) is 31.5 Å². The summed E-state index contributed by atoms with van der Waals surface area (Å²) in [5.74, 6) is 1.59. The number of hydrogen-bond donors (Lipinski definition) is 1. The van der Waals surface area contributed by atoms with Crippen molar-refractivity contribution in [2.45, 2.75) is 39.6 Å². The van der Waals surface area contributed by atoms with Crippen molar-refractivity contribution in [2.24, 2.45) is 0 Å². The quantitative estimate of drug-likeness (QED) is 0.256. The Morgan fingerprint density at radius 3 is 2.31 bits per heavy atom. The Kier molecular flexibility index (Phi) is 9.33. The number of furan rings is 1. The lowest BCUT2D eigenvalue weighted by Crippen LogP contribution is -2.35. The zero-order valence-corrected chi connectivity index (χ0v) is 21.0. The predicted octanol–water partition coefficient (Wildman–Crippen LogP) is 5.36. The third-order valence-corrected chi connectivity index (χ3v) is 6.10. The fourth-order valence-corrected chi connectivity index (χ4v) is 4.29. The summed E-state index contributed by atoms with van der Waals surface area (Å²) in [6.45, 7) is 8.01. The average molecular weight is 490 g/mol. The minimum Gasteiger partial charge on any atom is -0.468 e. The standard InChI is InChI=1S/C29H35N3O4/c1-3-32(4-2)29-27(28(30-36-29)24-14-9-6-10-15-24)20-31(19-26-16-11-17-35-26)18-25(33)22-34-21-23-12-7-5-8-13-23/h5-17,25,33H,3-4,18-22H2,1-2H3/t25-/m0/s1. The molecule has 1 atom stereocenters. The van der Waals surface area contributed by atoms with Gasteiger partial charge in [0.05, 0.1) is 37.7 Å². The molecule has 4 rings (SSSR count). The number of aliphatic hydroxyl groups is 1. The highest BCUT2D eigenvalue weighted by Crippen LogP contribution is 2.33. The molecule has 0 aliphatic carbocycles. The van der Waals surface area contributed by atoms with Crippen LogP contribution in [0.4, 0.5) is 5.88 Å². The van der Waals surface area contributed by atoms with E-state index >= 15 is 0 Å². The smallest absolute Gasteiger partial charge is 0.232 e. The molecule has 0 bridgehead atoms. The van der Waals surface area contributed by atoms with Gasteiger partial charge in [0.15, 0.2) is 0 Å². The summed E-state index contributed by atoms with van der Waals surface area (Å²) in [6.07, 6.45) is 1.00. The Bertz CT molecular complexity index is 1140. The monoisotopic (exact) mass is 489 g/mol. The number of benzene rings is 2. The summed E-state index contributed by atoms with van der Waals surface area (Å²) in [4.78, 5) is 4.32. The fraction of sp³-hybridized carbons (Fsp3) is 0.345. The number of nitrogens with zero attached hydrogens (tertiary/aromatic N) is 3. The highest BCUT2D eigenvalue weighted by atomic mass is 16.5. The summed E-state index contributed by atoms with van der Waals surface area (Å²) in [6, 6.07) is 23.9. The van der Waals surface area contributed by atoms with Gasteiger partial charge in [-0.25, -0.2) is 0 Å². The first-order valence-electron chi connectivity index (χ1n) is 12.5. The molecule has 36 heavy (non-hydrogen) atoms. The minimum atomic E-state index is -0.666. The molecule has 0 aliphatic heterocycles. The lowest BCUT2D eigenvalue weighted by Gasteiger charge is -2.26. The topological polar surface area (TPSA) is 75.1 Å². The van der Waals surface area contributed by atoms with Gasteiger partial charge in [0.2, 0.25) is 5.88 Å². The molecule has 2 aromatic heterocycles. The normalized spacial score (nSPS) is 12.2. The Hall–Kier alpha value is -3.39. The molecule has 0 saturated carbocycles. The van der Waals surface area contributed by atoms with Gasteiger partial charge in [0.25, 0.3) is 0 Å². The Morgan fingerprint density at radius 2 is 1.64 bits per heavy atom. The van der Waals surface area contributed by atoms with Crippen molar-refractivity contribution in [1.82, 2.24) is 10.1 Å². The molecule has 7 nitrogen and oxygen atoms in total. The van der Waals surface area contributed by atoms with Crippen LogP contribution in [0, 0.1) is 0 Å². The maximum Gasteiger partial charge on any atom is 0.232 e. The van der Waals surface area contributed by atoms with Crippen molar-refractivity contribution < 1.29 is 18.8 Å². The third-order valence-electron chi connectivity index (χ3n) is 6.10. The second kappa shape index (κ2) is 13.1. The zero-order chi connectivity index (χ0) is 25.2. The van der Waals surface area contributed by atoms with Gasteiger partial charge in [-0.3, -0.25) is 4.90 Å². The van der Waals surface area contributed by atoms with Gasteiger partial charge < -0.3 is 23.7 Å². The molecule has 0 amide bonds. The SMILES string of the molecule is CCN(CC)c1onc(-c2ccccc2)c1CN(Cc1ccco1)C[C@H](O)COCc1ccccc1. The van der Waals surface area contributed by atoms with Crippen LogP contribution in [0.25, 0.3) is 11.3 Å². The van der Waals surface area contributed by atoms with Crippen LogP contribution in [0.3, 0.4) is 0 Å². The molecule has 0 saturated heterocycles. The van der Waals surface area contributed by atoms with Gasteiger partial charge in [-0.15, -0.1) is 0 Å². The largest absolute Gasteiger partial charge is 0.468 e. The molecule has 4 aromatic rings. The summed E-state index contributed by atoms with van der Waals surface area (Å²) in [5, 5.41) is 15.3. The second-order valence-electron chi connectivity index (χ2n) is 8.76. The van der Waals surface area contributed by atoms with E-state index in [0.29, 0.717) is 26.2 Å². The van der Waals surface area contributed by atoms with Gasteiger partial charge >= 0.3 is 0 Å². The van der Waals surface area contributed by atoms with Crippen LogP contribution in [0.2, 0.25) is 0 Å². The highest BCUT2D eigenvalue weighted by molar-refractivity contribution is 5.68. The number of anilines is 1. The van der Waals surface area contributed by atoms with Crippen LogP contribution in [-0.2, 0) is 24.4 Å². The molecular weight excluding hydrogens is 454 g/mol. The van der Waals surface area contributed by atoms with Crippen LogP contribution in [0.15, 0.2) is 88.0 Å². The highest BCUT2D eigenvalue weighted by Gasteiger charge is 2.25. The minimum absolute atomic E-state index is 0.238. The Labute approximate surface area is 212 Å². The second-order valence-corrected chi connectivity index (χ2v) is 8.76. The van der Waals surface area contributed by atoms with E-state index in [-0.39, 0.29) is 6.61 Å². The zero-order valence-electron chi connectivity index (χ0n) is 21.0. The molecule has 1 N–H and O–H groups in total. The summed E-state index contributed by atoms with van der Waals surface area (Å²) >= 11 is 0. The van der Waals surface area contributed by atoms with Gasteiger partial charge in [0, 0.05) is 31.7 Å². The predicted molar refractivity (Wildman–Crippen MR) is 140 cm³/mol. The first-order chi connectivity index (χ1) is 17.7. The van der Waals surface area contributed by atoms with E-state index in [1.807, 2.05) is 72.8 Å². The first kappa shape index (κ1) is 25.7. The van der Waals surface area contributed by atoms with E-state index in [2.05, 4.69) is 28.8 Å². The summed E-state index contributed by atoms with van der Waals surface area (Å²) < 4.78 is 17.3. The Balaban J connectivity index is 1.53. The molecule has 2 heterocycles. The molecular formula is C29H35N3O4. The molecule has 0 unspecified atom stereocenters. The first-order valence-corrected chi connectivity index (χ1v) is 12.5. The Morgan fingerprint density at radius 1 is 0.917 bits per heavy atom. The molecule has 0 aliphatic rings. The van der Waals surface area contributed by atoms with E-state index in [1.165, 1.54) is 0 Å². The summed E-state index contributed by atoms with van der Waals surface area (Å²) in [5.41, 5.74) is 3.89. The van der Waals surface area contributed by atoms with Gasteiger partial charge in [-0.2, -0.15) is 0 Å². The molecule has 7 heteroatoms. The molecule has 190 valence electrons. The van der Waals surface area contributed by atoms with Crippen molar-refractivity contribution in [1.29, 1.82) is 0 Å². The van der Waals surface area contributed by atoms with E-state index in [1.54, 1.807) is 6.26 Å². The van der Waals surface area contributed by atoms with Crippen molar-refractivity contribution in [3.05, 3.63) is 95.9 Å². The number of aliphatic hydroxyl groups excluding tert-OH is 1. The van der Waals surface area contributed by atoms with Gasteiger partial charge in [0.1, 0.15) is 11.5 Å². The fourth-order valence-electron chi connectivity index (χ4n) is 4.29. The lowest BCUT2D eigenvalue weighted by atomic mass is 10.1. The maximum absolute atomic E-state index is 10.9. The van der Waals surface area contributed by atoms with E-state index in [0.717, 1.165) is 47.1 Å². The van der Waals surface area contributed by atoms with Crippen LogP contribution in [-0.4, -0.2) is 47.5 Å². The lowest BCUT2D eigenvalue weighted by molar-refractivity contribution is 0.00615. The van der Waals surface area contributed by atoms with Crippen LogP contribution >= 0.6 is 0 Å². The van der Waals surface area contributed by atoms with Crippen LogP contribution in [0.5, 0.6) is 0 Å². The van der Waals surface area contributed by atoms with Crippen LogP contribution in [0.1, 0.15) is 30.7 Å². The van der Waals surface area contributed by atoms with Crippen LogP contribution < -0.4 is 4.90 Å². The number of rotatable bonds is 14. The molecule has 2 aromatic carbocycles. The van der Waals surface area contributed by atoms with Crippen molar-refractivity contribution in [3.63, 3.8) is 0 Å². The summed E-state index contributed by atoms with van der Waals surface area (Å²) in [7, 11) is 0. The maximum atomic E-state index is 10.9. The molecule has 0 fully saturated rings. The third kappa shape index (κ3) is 6.85.